The lowest BCUT2D eigenvalue weighted by atomic mass is 10.1. The van der Waals surface area contributed by atoms with Crippen molar-refractivity contribution in [2.75, 3.05) is 14.2 Å². The molecule has 2 aromatic heterocycles. The number of rotatable bonds is 2. The van der Waals surface area contributed by atoms with Gasteiger partial charge in [-0.1, -0.05) is 0 Å². The first-order valence-corrected chi connectivity index (χ1v) is 5.22. The van der Waals surface area contributed by atoms with E-state index in [1.54, 1.807) is 20.4 Å². The van der Waals surface area contributed by atoms with Gasteiger partial charge in [-0.25, -0.2) is 0 Å². The fraction of sp³-hybridized carbons (Fsp3) is 0.154. The summed E-state index contributed by atoms with van der Waals surface area (Å²) in [7, 11) is 3.23. The van der Waals surface area contributed by atoms with Crippen LogP contribution in [0.3, 0.4) is 0 Å². The molecule has 0 bridgehead atoms. The molecule has 0 radical (unpaired) electrons. The van der Waals surface area contributed by atoms with Gasteiger partial charge < -0.3 is 13.9 Å². The number of fused-ring (bicyclic) bond motifs is 3. The Morgan fingerprint density at radius 3 is 2.71 bits per heavy atom. The Kier molecular flexibility index (Phi) is 2.14. The van der Waals surface area contributed by atoms with Crippen LogP contribution in [0.4, 0.5) is 0 Å². The van der Waals surface area contributed by atoms with E-state index in [2.05, 4.69) is 4.98 Å². The van der Waals surface area contributed by atoms with Crippen molar-refractivity contribution in [2.24, 2.45) is 0 Å². The van der Waals surface area contributed by atoms with Crippen molar-refractivity contribution in [3.8, 4) is 11.7 Å². The van der Waals surface area contributed by atoms with E-state index < -0.39 is 0 Å². The molecule has 0 amide bonds. The van der Waals surface area contributed by atoms with Crippen molar-refractivity contribution in [3.05, 3.63) is 30.5 Å². The lowest BCUT2D eigenvalue weighted by Crippen LogP contribution is -1.86. The van der Waals surface area contributed by atoms with Crippen molar-refractivity contribution in [2.45, 2.75) is 0 Å². The van der Waals surface area contributed by atoms with Gasteiger partial charge in [0.2, 0.25) is 0 Å². The monoisotopic (exact) mass is 229 g/mol. The van der Waals surface area contributed by atoms with E-state index in [9.17, 15) is 0 Å². The van der Waals surface area contributed by atoms with Gasteiger partial charge in [-0.15, -0.1) is 0 Å². The number of furan rings is 1. The highest BCUT2D eigenvalue weighted by atomic mass is 16.6. The SMILES string of the molecule is COc1cc2c(ccc3c(OC)ccnc32)o1. The summed E-state index contributed by atoms with van der Waals surface area (Å²) in [6, 6.07) is 7.51. The molecule has 0 fully saturated rings. The molecule has 3 rings (SSSR count). The largest absolute Gasteiger partial charge is 0.496 e. The molecule has 0 aliphatic carbocycles. The number of hydrogen-bond acceptors (Lipinski definition) is 4. The Labute approximate surface area is 97.8 Å². The number of ether oxygens (including phenoxy) is 2. The maximum absolute atomic E-state index is 5.50. The van der Waals surface area contributed by atoms with E-state index in [-0.39, 0.29) is 0 Å². The van der Waals surface area contributed by atoms with Gasteiger partial charge in [0.25, 0.3) is 5.95 Å². The van der Waals surface area contributed by atoms with Crippen molar-refractivity contribution < 1.29 is 13.9 Å². The van der Waals surface area contributed by atoms with E-state index in [4.69, 9.17) is 13.9 Å². The molecule has 86 valence electrons. The summed E-state index contributed by atoms with van der Waals surface area (Å²) in [6.07, 6.45) is 1.72. The molecule has 0 unspecified atom stereocenters. The van der Waals surface area contributed by atoms with Crippen LogP contribution in [0, 0.1) is 0 Å². The first-order valence-electron chi connectivity index (χ1n) is 5.22. The Bertz CT molecular complexity index is 688. The maximum atomic E-state index is 5.50. The molecule has 0 atom stereocenters. The third-order valence-electron chi connectivity index (χ3n) is 2.77. The second-order valence-corrected chi connectivity index (χ2v) is 3.66. The van der Waals surface area contributed by atoms with Crippen LogP contribution in [-0.4, -0.2) is 19.2 Å². The molecule has 3 aromatic rings. The predicted molar refractivity (Wildman–Crippen MR) is 64.6 cm³/mol. The molecule has 2 heterocycles. The minimum Gasteiger partial charge on any atom is -0.496 e. The van der Waals surface area contributed by atoms with Crippen LogP contribution in [0.25, 0.3) is 21.9 Å². The van der Waals surface area contributed by atoms with Gasteiger partial charge in [0.15, 0.2) is 0 Å². The van der Waals surface area contributed by atoms with Gasteiger partial charge in [0.05, 0.1) is 25.1 Å². The van der Waals surface area contributed by atoms with Crippen molar-refractivity contribution >= 4 is 21.9 Å². The van der Waals surface area contributed by atoms with Crippen molar-refractivity contribution in [3.63, 3.8) is 0 Å². The highest BCUT2D eigenvalue weighted by Gasteiger charge is 2.10. The third-order valence-corrected chi connectivity index (χ3v) is 2.77. The van der Waals surface area contributed by atoms with E-state index >= 15 is 0 Å². The lowest BCUT2D eigenvalue weighted by Gasteiger charge is -2.04. The van der Waals surface area contributed by atoms with Crippen LogP contribution in [0.1, 0.15) is 0 Å². The number of aromatic nitrogens is 1. The molecule has 17 heavy (non-hydrogen) atoms. The summed E-state index contributed by atoms with van der Waals surface area (Å²) < 4.78 is 15.9. The molecule has 0 aliphatic rings. The Balaban J connectivity index is 2.42. The summed E-state index contributed by atoms with van der Waals surface area (Å²) in [5, 5.41) is 1.89. The molecule has 0 saturated carbocycles. The number of hydrogen-bond donors (Lipinski definition) is 0. The summed E-state index contributed by atoms with van der Waals surface area (Å²) in [4.78, 5) is 4.37. The van der Waals surface area contributed by atoms with Crippen molar-refractivity contribution in [1.82, 2.24) is 4.98 Å². The average molecular weight is 229 g/mol. The summed E-state index contributed by atoms with van der Waals surface area (Å²) in [6.45, 7) is 0. The fourth-order valence-electron chi connectivity index (χ4n) is 1.96. The van der Waals surface area contributed by atoms with E-state index in [1.807, 2.05) is 24.3 Å². The zero-order valence-electron chi connectivity index (χ0n) is 9.56. The fourth-order valence-corrected chi connectivity index (χ4v) is 1.96. The normalized spacial score (nSPS) is 10.9. The van der Waals surface area contributed by atoms with Gasteiger partial charge in [-0.2, -0.15) is 0 Å². The summed E-state index contributed by atoms with van der Waals surface area (Å²) in [5.41, 5.74) is 1.61. The molecule has 0 aliphatic heterocycles. The Morgan fingerprint density at radius 2 is 1.94 bits per heavy atom. The standard InChI is InChI=1S/C13H11NO3/c1-15-10-5-6-14-13-8(10)3-4-11-9(13)7-12(16-2)17-11/h3-7H,1-2H3. The van der Waals surface area contributed by atoms with E-state index in [0.717, 1.165) is 27.6 Å². The van der Waals surface area contributed by atoms with Gasteiger partial charge in [0.1, 0.15) is 11.3 Å². The highest BCUT2D eigenvalue weighted by Crippen LogP contribution is 2.33. The topological polar surface area (TPSA) is 44.5 Å². The first kappa shape index (κ1) is 9.96. The third kappa shape index (κ3) is 1.41. The average Bonchev–Trinajstić information content (AvgIpc) is 2.81. The molecular formula is C13H11NO3. The van der Waals surface area contributed by atoms with Crippen LogP contribution < -0.4 is 9.47 Å². The lowest BCUT2D eigenvalue weighted by molar-refractivity contribution is 0.316. The molecule has 1 aromatic carbocycles. The smallest absolute Gasteiger partial charge is 0.285 e. The summed E-state index contributed by atoms with van der Waals surface area (Å²) in [5.74, 6) is 1.29. The van der Waals surface area contributed by atoms with Crippen LogP contribution in [0.2, 0.25) is 0 Å². The first-order chi connectivity index (χ1) is 8.33. The van der Waals surface area contributed by atoms with Gasteiger partial charge in [0, 0.05) is 17.6 Å². The number of benzene rings is 1. The van der Waals surface area contributed by atoms with Gasteiger partial charge in [-0.05, 0) is 18.2 Å². The van der Waals surface area contributed by atoms with E-state index in [0.29, 0.717) is 5.95 Å². The Morgan fingerprint density at radius 1 is 1.06 bits per heavy atom. The second-order valence-electron chi connectivity index (χ2n) is 3.66. The molecule has 0 saturated heterocycles. The summed E-state index contributed by atoms with van der Waals surface area (Å²) >= 11 is 0. The molecule has 0 N–H and O–H groups in total. The number of methoxy groups -OCH3 is 2. The van der Waals surface area contributed by atoms with Crippen LogP contribution >= 0.6 is 0 Å². The maximum Gasteiger partial charge on any atom is 0.285 e. The zero-order chi connectivity index (χ0) is 11.8. The molecular weight excluding hydrogens is 218 g/mol. The van der Waals surface area contributed by atoms with Crippen molar-refractivity contribution in [1.29, 1.82) is 0 Å². The van der Waals surface area contributed by atoms with Crippen LogP contribution in [0.5, 0.6) is 11.7 Å². The highest BCUT2D eigenvalue weighted by molar-refractivity contribution is 6.05. The molecule has 4 heteroatoms. The number of nitrogens with zero attached hydrogens (tertiary/aromatic N) is 1. The zero-order valence-corrected chi connectivity index (χ0v) is 9.56. The second kappa shape index (κ2) is 3.66. The number of pyridine rings is 1. The molecule has 4 nitrogen and oxygen atoms in total. The molecule has 0 spiro atoms. The Hall–Kier alpha value is -2.23. The van der Waals surface area contributed by atoms with E-state index in [1.165, 1.54) is 0 Å². The van der Waals surface area contributed by atoms with Crippen LogP contribution in [0.15, 0.2) is 34.9 Å². The predicted octanol–water partition coefficient (Wildman–Crippen LogP) is 3.00. The quantitative estimate of drug-likeness (QED) is 0.677. The van der Waals surface area contributed by atoms with Gasteiger partial charge >= 0.3 is 0 Å². The minimum atomic E-state index is 0.483. The van der Waals surface area contributed by atoms with Gasteiger partial charge in [-0.3, -0.25) is 4.98 Å². The minimum absolute atomic E-state index is 0.483. The van der Waals surface area contributed by atoms with Crippen LogP contribution in [-0.2, 0) is 0 Å².